The van der Waals surface area contributed by atoms with Crippen molar-refractivity contribution < 1.29 is 9.53 Å². The zero-order valence-corrected chi connectivity index (χ0v) is 20.2. The van der Waals surface area contributed by atoms with E-state index in [-0.39, 0.29) is 36.4 Å². The van der Waals surface area contributed by atoms with Gasteiger partial charge < -0.3 is 19.9 Å². The Morgan fingerprint density at radius 2 is 1.93 bits per heavy atom. The van der Waals surface area contributed by atoms with Gasteiger partial charge in [-0.1, -0.05) is 12.2 Å². The number of hydrogen-bond donors (Lipinski definition) is 1. The van der Waals surface area contributed by atoms with Crippen LogP contribution in [-0.4, -0.2) is 124 Å². The molecular weight excluding hydrogens is 483 g/mol. The van der Waals surface area contributed by atoms with Crippen LogP contribution in [0.1, 0.15) is 12.8 Å². The Kier molecular flexibility index (Phi) is 10.7. The number of carbonyl (C=O) groups excluding carboxylic acids is 1. The Morgan fingerprint density at radius 1 is 1.21 bits per heavy atom. The average Bonchev–Trinajstić information content (AvgIpc) is 3.39. The zero-order valence-electron chi connectivity index (χ0n) is 17.9. The SMILES string of the molecule is CN(C)C(=O)CN=C(NCCCN1CCOCC1)N1CCC(N2CC=CC2)C1.I. The predicted octanol–water partition coefficient (Wildman–Crippen LogP) is 0.307. The normalized spacial score (nSPS) is 23.3. The van der Waals surface area contributed by atoms with Gasteiger partial charge in [0.25, 0.3) is 0 Å². The number of likely N-dealkylation sites (tertiary alicyclic amines) is 1. The molecule has 1 atom stereocenters. The molecule has 3 aliphatic heterocycles. The Labute approximate surface area is 192 Å². The fourth-order valence-corrected chi connectivity index (χ4v) is 3.90. The summed E-state index contributed by atoms with van der Waals surface area (Å²) in [7, 11) is 3.55. The first kappa shape index (κ1) is 24.4. The molecule has 29 heavy (non-hydrogen) atoms. The molecule has 9 heteroatoms. The molecule has 8 nitrogen and oxygen atoms in total. The van der Waals surface area contributed by atoms with Gasteiger partial charge in [0, 0.05) is 66.0 Å². The first-order chi connectivity index (χ1) is 13.6. The quantitative estimate of drug-likeness (QED) is 0.172. The highest BCUT2D eigenvalue weighted by Gasteiger charge is 2.29. The lowest BCUT2D eigenvalue weighted by atomic mass is 10.2. The number of nitrogens with zero attached hydrogens (tertiary/aromatic N) is 5. The van der Waals surface area contributed by atoms with E-state index in [1.165, 1.54) is 0 Å². The van der Waals surface area contributed by atoms with Crippen LogP contribution in [0.3, 0.4) is 0 Å². The molecule has 3 heterocycles. The standard InChI is InChI=1S/C20H36N6O2.HI/c1-23(2)19(27)16-22-20(21-7-5-8-24-12-14-28-15-13-24)26-11-6-18(17-26)25-9-3-4-10-25;/h3-4,18H,5-17H2,1-2H3,(H,21,22);1H. The predicted molar refractivity (Wildman–Crippen MR) is 127 cm³/mol. The second-order valence-electron chi connectivity index (χ2n) is 7.98. The van der Waals surface area contributed by atoms with E-state index in [0.717, 1.165) is 84.4 Å². The third-order valence-electron chi connectivity index (χ3n) is 5.73. The highest BCUT2D eigenvalue weighted by molar-refractivity contribution is 14.0. The van der Waals surface area contributed by atoms with Crippen LogP contribution in [0.4, 0.5) is 0 Å². The molecular formula is C20H37IN6O2. The number of amides is 1. The Balaban J connectivity index is 0.00000300. The minimum atomic E-state index is 0. The van der Waals surface area contributed by atoms with E-state index in [2.05, 4.69) is 37.2 Å². The van der Waals surface area contributed by atoms with Gasteiger partial charge in [-0.3, -0.25) is 14.6 Å². The minimum absolute atomic E-state index is 0. The first-order valence-corrected chi connectivity index (χ1v) is 10.6. The van der Waals surface area contributed by atoms with Crippen LogP contribution in [0.5, 0.6) is 0 Å². The monoisotopic (exact) mass is 520 g/mol. The van der Waals surface area contributed by atoms with Gasteiger partial charge in [-0.05, 0) is 19.4 Å². The van der Waals surface area contributed by atoms with E-state index in [1.54, 1.807) is 19.0 Å². The summed E-state index contributed by atoms with van der Waals surface area (Å²) in [5, 5.41) is 3.52. The molecule has 0 spiro atoms. The van der Waals surface area contributed by atoms with E-state index < -0.39 is 0 Å². The molecule has 2 saturated heterocycles. The smallest absolute Gasteiger partial charge is 0.243 e. The van der Waals surface area contributed by atoms with E-state index >= 15 is 0 Å². The topological polar surface area (TPSA) is 63.7 Å². The van der Waals surface area contributed by atoms with E-state index in [9.17, 15) is 4.79 Å². The van der Waals surface area contributed by atoms with Crippen molar-refractivity contribution >= 4 is 35.8 Å². The lowest BCUT2D eigenvalue weighted by molar-refractivity contribution is -0.127. The number of hydrogen-bond acceptors (Lipinski definition) is 5. The molecule has 0 radical (unpaired) electrons. The summed E-state index contributed by atoms with van der Waals surface area (Å²) in [6, 6.07) is 0.569. The molecule has 3 rings (SSSR count). The van der Waals surface area contributed by atoms with Crippen LogP contribution in [0.15, 0.2) is 17.1 Å². The minimum Gasteiger partial charge on any atom is -0.379 e. The van der Waals surface area contributed by atoms with Crippen molar-refractivity contribution in [2.45, 2.75) is 18.9 Å². The third kappa shape index (κ3) is 7.69. The second-order valence-corrected chi connectivity index (χ2v) is 7.98. The molecule has 1 unspecified atom stereocenters. The number of nitrogens with one attached hydrogen (secondary N) is 1. The molecule has 0 aromatic carbocycles. The van der Waals surface area contributed by atoms with Gasteiger partial charge >= 0.3 is 0 Å². The van der Waals surface area contributed by atoms with Gasteiger partial charge in [0.2, 0.25) is 5.91 Å². The Bertz CT molecular complexity index is 557. The summed E-state index contributed by atoms with van der Waals surface area (Å²) >= 11 is 0. The molecule has 0 saturated carbocycles. The highest BCUT2D eigenvalue weighted by Crippen LogP contribution is 2.18. The maximum absolute atomic E-state index is 12.0. The molecule has 3 aliphatic rings. The number of morpholine rings is 1. The Hall–Kier alpha value is -0.910. The molecule has 2 fully saturated rings. The number of aliphatic imine (C=N–C) groups is 1. The van der Waals surface area contributed by atoms with Gasteiger partial charge in [0.05, 0.1) is 13.2 Å². The van der Waals surface area contributed by atoms with Crippen molar-refractivity contribution in [1.82, 2.24) is 24.9 Å². The van der Waals surface area contributed by atoms with Crippen molar-refractivity contribution in [3.05, 3.63) is 12.2 Å². The summed E-state index contributed by atoms with van der Waals surface area (Å²) in [6.07, 6.45) is 6.71. The van der Waals surface area contributed by atoms with Crippen molar-refractivity contribution in [2.24, 2.45) is 4.99 Å². The van der Waals surface area contributed by atoms with Gasteiger partial charge in [-0.2, -0.15) is 0 Å². The summed E-state index contributed by atoms with van der Waals surface area (Å²) in [4.78, 5) is 25.5. The van der Waals surface area contributed by atoms with Crippen molar-refractivity contribution in [3.63, 3.8) is 0 Å². The number of guanidine groups is 1. The van der Waals surface area contributed by atoms with Crippen LogP contribution >= 0.6 is 24.0 Å². The van der Waals surface area contributed by atoms with E-state index in [0.29, 0.717) is 6.04 Å². The number of carbonyl (C=O) groups is 1. The fraction of sp³-hybridized carbons (Fsp3) is 0.800. The van der Waals surface area contributed by atoms with E-state index in [4.69, 9.17) is 4.74 Å². The van der Waals surface area contributed by atoms with Crippen LogP contribution in [0, 0.1) is 0 Å². The molecule has 1 N–H and O–H groups in total. The molecule has 0 aromatic heterocycles. The van der Waals surface area contributed by atoms with E-state index in [1.807, 2.05) is 0 Å². The third-order valence-corrected chi connectivity index (χ3v) is 5.73. The number of ether oxygens (including phenoxy) is 1. The van der Waals surface area contributed by atoms with Crippen molar-refractivity contribution in [2.75, 3.05) is 86.2 Å². The lowest BCUT2D eigenvalue weighted by Gasteiger charge is -2.27. The van der Waals surface area contributed by atoms with Gasteiger partial charge in [0.15, 0.2) is 5.96 Å². The number of likely N-dealkylation sites (N-methyl/N-ethyl adjacent to an activating group) is 1. The largest absolute Gasteiger partial charge is 0.379 e. The molecule has 0 aromatic rings. The average molecular weight is 520 g/mol. The summed E-state index contributed by atoms with van der Waals surface area (Å²) in [6.45, 7) is 9.95. The van der Waals surface area contributed by atoms with Crippen LogP contribution in [-0.2, 0) is 9.53 Å². The van der Waals surface area contributed by atoms with Crippen LogP contribution in [0.2, 0.25) is 0 Å². The number of halogens is 1. The summed E-state index contributed by atoms with van der Waals surface area (Å²) in [5.74, 6) is 0.916. The highest BCUT2D eigenvalue weighted by atomic mass is 127. The zero-order chi connectivity index (χ0) is 19.8. The lowest BCUT2D eigenvalue weighted by Crippen LogP contribution is -2.44. The van der Waals surface area contributed by atoms with Crippen LogP contribution in [0.25, 0.3) is 0 Å². The molecule has 166 valence electrons. The maximum Gasteiger partial charge on any atom is 0.243 e. The molecule has 0 aliphatic carbocycles. The second kappa shape index (κ2) is 12.7. The molecule has 0 bridgehead atoms. The van der Waals surface area contributed by atoms with Crippen LogP contribution < -0.4 is 5.32 Å². The Morgan fingerprint density at radius 3 is 2.62 bits per heavy atom. The first-order valence-electron chi connectivity index (χ1n) is 10.6. The molecule has 1 amide bonds. The van der Waals surface area contributed by atoms with Gasteiger partial charge in [-0.25, -0.2) is 4.99 Å². The fourth-order valence-electron chi connectivity index (χ4n) is 3.90. The summed E-state index contributed by atoms with van der Waals surface area (Å²) in [5.41, 5.74) is 0. The number of rotatable bonds is 7. The summed E-state index contributed by atoms with van der Waals surface area (Å²) < 4.78 is 5.41. The van der Waals surface area contributed by atoms with Crippen molar-refractivity contribution in [3.8, 4) is 0 Å². The van der Waals surface area contributed by atoms with Gasteiger partial charge in [-0.15, -0.1) is 24.0 Å². The maximum atomic E-state index is 12.0. The van der Waals surface area contributed by atoms with Crippen molar-refractivity contribution in [1.29, 1.82) is 0 Å². The van der Waals surface area contributed by atoms with Gasteiger partial charge in [0.1, 0.15) is 6.54 Å².